The molecule has 0 aliphatic heterocycles. The van der Waals surface area contributed by atoms with Crippen LogP contribution in [0.5, 0.6) is 0 Å². The molecule has 0 aromatic carbocycles. The number of anilines is 1. The molecule has 0 spiro atoms. The van der Waals surface area contributed by atoms with Gasteiger partial charge < -0.3 is 9.88 Å². The molecule has 2 aromatic heterocycles. The minimum Gasteiger partial charge on any atom is -0.318 e. The lowest BCUT2D eigenvalue weighted by Crippen LogP contribution is -2.26. The van der Waals surface area contributed by atoms with Crippen molar-refractivity contribution in [1.82, 2.24) is 13.9 Å². The smallest absolute Gasteiger partial charge is 0.294 e. The maximum Gasteiger partial charge on any atom is 0.294 e. The molecule has 2 aromatic rings. The van der Waals surface area contributed by atoms with E-state index in [4.69, 9.17) is 11.6 Å². The van der Waals surface area contributed by atoms with Crippen LogP contribution >= 0.6 is 23.1 Å². The van der Waals surface area contributed by atoms with E-state index in [-0.39, 0.29) is 16.0 Å². The number of rotatable bonds is 4. The van der Waals surface area contributed by atoms with Crippen LogP contribution in [0, 0.1) is 5.82 Å². The predicted molar refractivity (Wildman–Crippen MR) is 69.5 cm³/mol. The number of hydrogen-bond donors (Lipinski definition) is 1. The Morgan fingerprint density at radius 1 is 1.52 bits per heavy atom. The summed E-state index contributed by atoms with van der Waals surface area (Å²) in [6.07, 6.45) is -1.93. The molecule has 6 nitrogen and oxygen atoms in total. The first-order valence-electron chi connectivity index (χ1n) is 5.35. The zero-order valence-electron chi connectivity index (χ0n) is 10.0. The number of carbonyl (C=O) groups excluding carboxylic acids is 1. The number of aromatic nitrogens is 3. The second-order valence-corrected chi connectivity index (χ2v) is 5.08. The Kier molecular flexibility index (Phi) is 4.58. The topological polar surface area (TPSA) is 76.9 Å². The van der Waals surface area contributed by atoms with Gasteiger partial charge in [-0.1, -0.05) is 0 Å². The van der Waals surface area contributed by atoms with Crippen molar-refractivity contribution >= 4 is 34.7 Å². The van der Waals surface area contributed by atoms with Crippen LogP contribution in [0.1, 0.15) is 10.6 Å². The number of amides is 1. The Hall–Kier alpha value is -1.94. The van der Waals surface area contributed by atoms with Crippen molar-refractivity contribution in [2.75, 3.05) is 5.32 Å². The molecule has 0 aliphatic carbocycles. The van der Waals surface area contributed by atoms with Gasteiger partial charge in [-0.05, 0) is 23.1 Å². The van der Waals surface area contributed by atoms with Crippen molar-refractivity contribution in [3.05, 3.63) is 38.7 Å². The van der Waals surface area contributed by atoms with Crippen LogP contribution in [-0.4, -0.2) is 26.3 Å². The molecular formula is C10H6ClF3N4O2S. The molecule has 2 rings (SSSR count). The number of pyridine rings is 1. The molecule has 0 aliphatic rings. The van der Waals surface area contributed by atoms with E-state index in [1.165, 1.54) is 0 Å². The third-order valence-electron chi connectivity index (χ3n) is 2.24. The highest BCUT2D eigenvalue weighted by atomic mass is 35.5. The van der Waals surface area contributed by atoms with Gasteiger partial charge in [0, 0.05) is 12.3 Å². The molecule has 0 saturated heterocycles. The summed E-state index contributed by atoms with van der Waals surface area (Å²) in [4.78, 5) is 26.6. The summed E-state index contributed by atoms with van der Waals surface area (Å²) in [6, 6.07) is 0.718. The fourth-order valence-corrected chi connectivity index (χ4v) is 2.03. The van der Waals surface area contributed by atoms with Crippen molar-refractivity contribution in [3.8, 4) is 0 Å². The van der Waals surface area contributed by atoms with Crippen LogP contribution in [0.15, 0.2) is 17.1 Å². The number of nitrogens with zero attached hydrogens (tertiary/aromatic N) is 3. The summed E-state index contributed by atoms with van der Waals surface area (Å²) in [6.45, 7) is -0.986. The van der Waals surface area contributed by atoms with E-state index in [1.54, 1.807) is 0 Å². The zero-order chi connectivity index (χ0) is 15.6. The van der Waals surface area contributed by atoms with E-state index in [2.05, 4.69) is 14.7 Å². The number of carbonyl (C=O) groups is 1. The maximum absolute atomic E-state index is 13.4. The van der Waals surface area contributed by atoms with E-state index in [0.717, 1.165) is 23.8 Å². The van der Waals surface area contributed by atoms with Crippen molar-refractivity contribution < 1.29 is 18.0 Å². The second-order valence-electron chi connectivity index (χ2n) is 3.75. The second kappa shape index (κ2) is 6.22. The van der Waals surface area contributed by atoms with Gasteiger partial charge >= 0.3 is 0 Å². The quantitative estimate of drug-likeness (QED) is 0.925. The summed E-state index contributed by atoms with van der Waals surface area (Å²) in [5.74, 6) is -2.32. The van der Waals surface area contributed by atoms with E-state index < -0.39 is 30.3 Å². The standard InChI is InChI=1S/C10H6ClF3N4O2S/c11-10-16-7(17-21-10)8(19)15-4-1-5(12)9(20)18(2-4)3-6(13)14/h1-2,6H,3H2,(H,15,19). The first kappa shape index (κ1) is 15.4. The molecule has 0 atom stereocenters. The Morgan fingerprint density at radius 3 is 2.81 bits per heavy atom. The first-order valence-corrected chi connectivity index (χ1v) is 6.50. The summed E-state index contributed by atoms with van der Waals surface area (Å²) in [5.41, 5.74) is -1.38. The normalized spacial score (nSPS) is 10.9. The molecule has 0 radical (unpaired) electrons. The molecule has 1 amide bonds. The highest BCUT2D eigenvalue weighted by Gasteiger charge is 2.15. The lowest BCUT2D eigenvalue weighted by atomic mass is 10.3. The van der Waals surface area contributed by atoms with Crippen LogP contribution in [0.4, 0.5) is 18.9 Å². The van der Waals surface area contributed by atoms with Crippen LogP contribution < -0.4 is 10.9 Å². The summed E-state index contributed by atoms with van der Waals surface area (Å²) >= 11 is 6.29. The van der Waals surface area contributed by atoms with E-state index >= 15 is 0 Å². The largest absolute Gasteiger partial charge is 0.318 e. The molecular weight excluding hydrogens is 333 g/mol. The number of halogens is 4. The lowest BCUT2D eigenvalue weighted by molar-refractivity contribution is 0.101. The predicted octanol–water partition coefficient (Wildman–Crippen LogP) is 2.01. The van der Waals surface area contributed by atoms with Crippen LogP contribution in [0.2, 0.25) is 4.47 Å². The monoisotopic (exact) mass is 338 g/mol. The van der Waals surface area contributed by atoms with Gasteiger partial charge in [-0.3, -0.25) is 9.59 Å². The fourth-order valence-electron chi connectivity index (χ4n) is 1.44. The van der Waals surface area contributed by atoms with Crippen LogP contribution in [0.25, 0.3) is 0 Å². The Morgan fingerprint density at radius 2 is 2.24 bits per heavy atom. The van der Waals surface area contributed by atoms with Gasteiger partial charge in [0.2, 0.25) is 10.3 Å². The molecule has 0 unspecified atom stereocenters. The van der Waals surface area contributed by atoms with E-state index in [9.17, 15) is 22.8 Å². The minimum absolute atomic E-state index is 0.0361. The summed E-state index contributed by atoms with van der Waals surface area (Å²) in [7, 11) is 0. The van der Waals surface area contributed by atoms with Crippen LogP contribution in [0.3, 0.4) is 0 Å². The van der Waals surface area contributed by atoms with Gasteiger partial charge in [0.05, 0.1) is 12.2 Å². The van der Waals surface area contributed by atoms with Crippen molar-refractivity contribution in [2.45, 2.75) is 13.0 Å². The average molecular weight is 339 g/mol. The van der Waals surface area contributed by atoms with Gasteiger partial charge in [-0.15, -0.1) is 0 Å². The SMILES string of the molecule is O=C(Nc1cc(F)c(=O)n(CC(F)F)c1)c1nsc(Cl)n1. The molecule has 0 bridgehead atoms. The third kappa shape index (κ3) is 3.79. The Balaban J connectivity index is 2.26. The Bertz CT molecular complexity index is 733. The zero-order valence-corrected chi connectivity index (χ0v) is 11.6. The average Bonchev–Trinajstić information content (AvgIpc) is 2.81. The molecule has 21 heavy (non-hydrogen) atoms. The van der Waals surface area contributed by atoms with Crippen LogP contribution in [-0.2, 0) is 6.54 Å². The summed E-state index contributed by atoms with van der Waals surface area (Å²) < 4.78 is 42.1. The maximum atomic E-state index is 13.4. The van der Waals surface area contributed by atoms with Gasteiger partial charge in [0.15, 0.2) is 5.82 Å². The fraction of sp³-hybridized carbons (Fsp3) is 0.200. The minimum atomic E-state index is -2.84. The van der Waals surface area contributed by atoms with Gasteiger partial charge in [-0.25, -0.2) is 13.2 Å². The molecule has 0 fully saturated rings. The molecule has 2 heterocycles. The number of hydrogen-bond acceptors (Lipinski definition) is 5. The van der Waals surface area contributed by atoms with Crippen molar-refractivity contribution in [2.24, 2.45) is 0 Å². The third-order valence-corrected chi connectivity index (χ3v) is 3.04. The number of nitrogens with one attached hydrogen (secondary N) is 1. The van der Waals surface area contributed by atoms with E-state index in [1.807, 2.05) is 0 Å². The molecule has 11 heteroatoms. The highest BCUT2D eigenvalue weighted by Crippen LogP contribution is 2.13. The first-order chi connectivity index (χ1) is 9.86. The van der Waals surface area contributed by atoms with Crippen molar-refractivity contribution in [1.29, 1.82) is 0 Å². The Labute approximate surface area is 124 Å². The highest BCUT2D eigenvalue weighted by molar-refractivity contribution is 7.10. The van der Waals surface area contributed by atoms with Gasteiger partial charge in [0.1, 0.15) is 0 Å². The molecule has 0 saturated carbocycles. The van der Waals surface area contributed by atoms with Gasteiger partial charge in [0.25, 0.3) is 17.9 Å². The van der Waals surface area contributed by atoms with Crippen molar-refractivity contribution in [3.63, 3.8) is 0 Å². The molecule has 1 N–H and O–H groups in total. The lowest BCUT2D eigenvalue weighted by Gasteiger charge is -2.08. The van der Waals surface area contributed by atoms with E-state index in [0.29, 0.717) is 4.57 Å². The molecule has 112 valence electrons. The summed E-state index contributed by atoms with van der Waals surface area (Å²) in [5, 5.41) is 2.19. The van der Waals surface area contributed by atoms with Gasteiger partial charge in [-0.2, -0.15) is 9.36 Å². The number of alkyl halides is 2.